The van der Waals surface area contributed by atoms with E-state index in [9.17, 15) is 23.3 Å². The number of likely N-dealkylation sites (N-methyl/N-ethyl adjacent to an activating group) is 1. The van der Waals surface area contributed by atoms with Gasteiger partial charge in [-0.1, -0.05) is 12.1 Å². The first-order valence-corrected chi connectivity index (χ1v) is 15.6. The summed E-state index contributed by atoms with van der Waals surface area (Å²) < 4.78 is 28.8. The minimum atomic E-state index is -4.35. The summed E-state index contributed by atoms with van der Waals surface area (Å²) in [7, 11) is -0.283. The third kappa shape index (κ3) is 6.38. The van der Waals surface area contributed by atoms with Crippen LogP contribution in [0.25, 0.3) is 10.9 Å². The van der Waals surface area contributed by atoms with Gasteiger partial charge in [-0.25, -0.2) is 13.4 Å². The van der Waals surface area contributed by atoms with Crippen molar-refractivity contribution in [1.82, 2.24) is 19.1 Å². The van der Waals surface area contributed by atoms with Gasteiger partial charge in [0.25, 0.3) is 15.7 Å². The Labute approximate surface area is 246 Å². The van der Waals surface area contributed by atoms with Crippen LogP contribution in [0.1, 0.15) is 18.4 Å². The predicted octanol–water partition coefficient (Wildman–Crippen LogP) is 2.93. The van der Waals surface area contributed by atoms with Crippen molar-refractivity contribution in [3.05, 3.63) is 64.2 Å². The lowest BCUT2D eigenvalue weighted by molar-refractivity contribution is -0.387. The summed E-state index contributed by atoms with van der Waals surface area (Å²) in [5.74, 6) is 0.411. The summed E-state index contributed by atoms with van der Waals surface area (Å²) in [6.45, 7) is 6.63. The van der Waals surface area contributed by atoms with Gasteiger partial charge >= 0.3 is 0 Å². The Bertz CT molecular complexity index is 1580. The van der Waals surface area contributed by atoms with Gasteiger partial charge in [-0.15, -0.1) is 0 Å². The van der Waals surface area contributed by atoms with Crippen molar-refractivity contribution in [2.75, 3.05) is 70.1 Å². The van der Waals surface area contributed by atoms with Gasteiger partial charge in [-0.3, -0.25) is 14.9 Å². The Balaban J connectivity index is 1.38. The first-order valence-electron chi connectivity index (χ1n) is 14.1. The van der Waals surface area contributed by atoms with Gasteiger partial charge in [-0.2, -0.15) is 4.31 Å². The molecule has 0 unspecified atom stereocenters. The molecule has 0 atom stereocenters. The lowest BCUT2D eigenvalue weighted by atomic mass is 10.1. The van der Waals surface area contributed by atoms with Crippen molar-refractivity contribution in [3.8, 4) is 0 Å². The highest BCUT2D eigenvalue weighted by Gasteiger charge is 2.38. The van der Waals surface area contributed by atoms with E-state index in [1.807, 2.05) is 26.1 Å². The lowest BCUT2D eigenvalue weighted by Crippen LogP contribution is -2.49. The van der Waals surface area contributed by atoms with Gasteiger partial charge in [-0.05, 0) is 82.8 Å². The summed E-state index contributed by atoms with van der Waals surface area (Å²) in [5, 5.41) is 15.4. The van der Waals surface area contributed by atoms with Gasteiger partial charge in [0.2, 0.25) is 5.91 Å². The highest BCUT2D eigenvalue weighted by atomic mass is 32.2. The van der Waals surface area contributed by atoms with Gasteiger partial charge in [0, 0.05) is 49.4 Å². The third-order valence-corrected chi connectivity index (χ3v) is 10.1. The van der Waals surface area contributed by atoms with Crippen molar-refractivity contribution in [1.29, 1.82) is 0 Å². The van der Waals surface area contributed by atoms with Crippen LogP contribution in [0, 0.1) is 17.0 Å². The molecule has 5 rings (SSSR count). The number of piperidine rings is 1. The number of nitro groups is 1. The van der Waals surface area contributed by atoms with E-state index >= 15 is 0 Å². The molecule has 1 aromatic heterocycles. The van der Waals surface area contributed by atoms with Crippen LogP contribution in [0.2, 0.25) is 0 Å². The highest BCUT2D eigenvalue weighted by molar-refractivity contribution is 7.89. The van der Waals surface area contributed by atoms with Crippen LogP contribution in [-0.2, 0) is 14.8 Å². The number of aromatic nitrogens is 1. The number of aryl methyl sites for hydroxylation is 1. The molecule has 42 heavy (non-hydrogen) atoms. The SMILES string of the molecule is Cc1cc(N2CCN(C)CC2)nc2ccc(NC(=O)CN(C3CCN(C)CC3)S(=O)(=O)c3ccccc3[N+](=O)[O-])cc12. The molecular weight excluding hydrogens is 558 g/mol. The quantitative estimate of drug-likeness (QED) is 0.308. The number of sulfonamides is 1. The van der Waals surface area contributed by atoms with E-state index in [1.54, 1.807) is 6.07 Å². The molecule has 224 valence electrons. The molecule has 0 bridgehead atoms. The molecule has 2 aromatic carbocycles. The average Bonchev–Trinajstić information content (AvgIpc) is 2.97. The Morgan fingerprint density at radius 1 is 1.02 bits per heavy atom. The average molecular weight is 596 g/mol. The van der Waals surface area contributed by atoms with E-state index in [0.717, 1.165) is 52.8 Å². The van der Waals surface area contributed by atoms with Crippen molar-refractivity contribution in [2.45, 2.75) is 30.7 Å². The fraction of sp³-hybridized carbons (Fsp3) is 0.448. The molecule has 0 radical (unpaired) electrons. The first kappa shape index (κ1) is 29.8. The number of anilines is 2. The number of hydrogen-bond acceptors (Lipinski definition) is 9. The minimum absolute atomic E-state index is 0.412. The van der Waals surface area contributed by atoms with Crippen LogP contribution in [0.15, 0.2) is 53.4 Å². The Hall–Kier alpha value is -3.65. The maximum absolute atomic E-state index is 13.8. The van der Waals surface area contributed by atoms with Crippen molar-refractivity contribution in [3.63, 3.8) is 0 Å². The maximum Gasteiger partial charge on any atom is 0.289 e. The second-order valence-electron chi connectivity index (χ2n) is 11.2. The topological polar surface area (TPSA) is 132 Å². The van der Waals surface area contributed by atoms with E-state index in [2.05, 4.69) is 33.1 Å². The highest BCUT2D eigenvalue weighted by Crippen LogP contribution is 2.30. The standard InChI is InChI=1S/C29H37N7O5S/c1-21-18-28(34-16-14-33(3)15-17-34)31-25-9-8-22(19-24(21)25)30-29(37)20-35(23-10-12-32(2)13-11-23)42(40,41)27-7-5-4-6-26(27)36(38)39/h4-9,18-19,23H,10-17,20H2,1-3H3,(H,30,37). The number of nitro benzene ring substituents is 1. The minimum Gasteiger partial charge on any atom is -0.354 e. The smallest absolute Gasteiger partial charge is 0.289 e. The Kier molecular flexibility index (Phi) is 8.73. The van der Waals surface area contributed by atoms with Crippen LogP contribution < -0.4 is 10.2 Å². The monoisotopic (exact) mass is 595 g/mol. The zero-order valence-electron chi connectivity index (χ0n) is 24.2. The summed E-state index contributed by atoms with van der Waals surface area (Å²) in [6, 6.07) is 12.3. The fourth-order valence-electron chi connectivity index (χ4n) is 5.64. The number of para-hydroxylation sites is 1. The summed E-state index contributed by atoms with van der Waals surface area (Å²) in [4.78, 5) is 35.4. The molecule has 3 heterocycles. The number of carbonyl (C=O) groups is 1. The second kappa shape index (κ2) is 12.3. The lowest BCUT2D eigenvalue weighted by Gasteiger charge is -2.36. The summed E-state index contributed by atoms with van der Waals surface area (Å²) >= 11 is 0. The van der Waals surface area contributed by atoms with Gasteiger partial charge in [0.05, 0.1) is 17.0 Å². The molecule has 0 saturated carbocycles. The van der Waals surface area contributed by atoms with Crippen LogP contribution in [0.5, 0.6) is 0 Å². The number of benzene rings is 2. The summed E-state index contributed by atoms with van der Waals surface area (Å²) in [6.07, 6.45) is 1.03. The van der Waals surface area contributed by atoms with Gasteiger partial charge in [0.15, 0.2) is 4.90 Å². The molecule has 13 heteroatoms. The molecule has 2 aliphatic heterocycles. The number of likely N-dealkylation sites (tertiary alicyclic amines) is 1. The Morgan fingerprint density at radius 2 is 1.69 bits per heavy atom. The molecular formula is C29H37N7O5S. The first-order chi connectivity index (χ1) is 20.0. The molecule has 3 aromatic rings. The molecule has 0 spiro atoms. The van der Waals surface area contributed by atoms with Crippen LogP contribution in [0.4, 0.5) is 17.2 Å². The van der Waals surface area contributed by atoms with E-state index in [-0.39, 0.29) is 0 Å². The largest absolute Gasteiger partial charge is 0.354 e. The molecule has 0 aliphatic carbocycles. The fourth-order valence-corrected chi connectivity index (χ4v) is 7.44. The zero-order valence-corrected chi connectivity index (χ0v) is 25.0. The number of carbonyl (C=O) groups excluding carboxylic acids is 1. The number of piperazine rings is 1. The second-order valence-corrected chi connectivity index (χ2v) is 13.0. The number of rotatable bonds is 8. The normalized spacial score (nSPS) is 17.6. The predicted molar refractivity (Wildman–Crippen MR) is 162 cm³/mol. The molecule has 12 nitrogen and oxygen atoms in total. The number of hydrogen-bond donors (Lipinski definition) is 1. The Morgan fingerprint density at radius 3 is 2.38 bits per heavy atom. The molecule has 2 saturated heterocycles. The molecule has 1 N–H and O–H groups in total. The number of fused-ring (bicyclic) bond motifs is 1. The van der Waals surface area contributed by atoms with Gasteiger partial charge in [0.1, 0.15) is 5.82 Å². The van der Waals surface area contributed by atoms with Crippen molar-refractivity contribution >= 4 is 44.0 Å². The molecule has 1 amide bonds. The number of pyridine rings is 1. The zero-order chi connectivity index (χ0) is 30.0. The van der Waals surface area contributed by atoms with Crippen molar-refractivity contribution < 1.29 is 18.1 Å². The molecule has 2 aliphatic rings. The third-order valence-electron chi connectivity index (χ3n) is 8.16. The summed E-state index contributed by atoms with van der Waals surface area (Å²) in [5.41, 5.74) is 1.85. The number of nitrogens with zero attached hydrogens (tertiary/aromatic N) is 6. The van der Waals surface area contributed by atoms with Crippen molar-refractivity contribution in [2.24, 2.45) is 0 Å². The number of amides is 1. The van der Waals surface area contributed by atoms with E-state index in [1.165, 1.54) is 24.3 Å². The van der Waals surface area contributed by atoms with E-state index < -0.39 is 44.0 Å². The van der Waals surface area contributed by atoms with Crippen LogP contribution in [0.3, 0.4) is 0 Å². The van der Waals surface area contributed by atoms with E-state index in [4.69, 9.17) is 4.98 Å². The van der Waals surface area contributed by atoms with Crippen LogP contribution >= 0.6 is 0 Å². The maximum atomic E-state index is 13.8. The van der Waals surface area contributed by atoms with E-state index in [0.29, 0.717) is 31.6 Å². The van der Waals surface area contributed by atoms with Crippen LogP contribution in [-0.4, -0.2) is 104 Å². The molecule has 2 fully saturated rings. The van der Waals surface area contributed by atoms with Gasteiger partial charge < -0.3 is 20.0 Å². The number of nitrogens with one attached hydrogen (secondary N) is 1.